The number of hydrogen-bond donors (Lipinski definition) is 0. The minimum absolute atomic E-state index is 0.215. The molecule has 0 spiro atoms. The van der Waals surface area contributed by atoms with E-state index in [0.717, 1.165) is 11.1 Å². The van der Waals surface area contributed by atoms with Crippen molar-refractivity contribution in [1.82, 2.24) is 4.90 Å². The highest BCUT2D eigenvalue weighted by Gasteiger charge is 2.25. The molecule has 1 atom stereocenters. The Labute approximate surface area is 163 Å². The molecule has 1 aromatic heterocycles. The first-order valence-corrected chi connectivity index (χ1v) is 9.62. The largest absolute Gasteiger partial charge is 0.448 e. The fourth-order valence-corrected chi connectivity index (χ4v) is 3.35. The van der Waals surface area contributed by atoms with Gasteiger partial charge in [-0.2, -0.15) is 0 Å². The van der Waals surface area contributed by atoms with E-state index in [2.05, 4.69) is 0 Å². The van der Waals surface area contributed by atoms with Crippen LogP contribution in [0.1, 0.15) is 27.7 Å². The number of esters is 1. The van der Waals surface area contributed by atoms with Gasteiger partial charge in [0.2, 0.25) is 0 Å². The number of carbonyl (C=O) groups is 2. The van der Waals surface area contributed by atoms with Crippen LogP contribution in [0, 0.1) is 0 Å². The molecular formula is C22H21NO3S. The molecule has 0 saturated carbocycles. The van der Waals surface area contributed by atoms with E-state index in [0.29, 0.717) is 18.0 Å². The molecule has 1 amide bonds. The van der Waals surface area contributed by atoms with Crippen molar-refractivity contribution in [2.24, 2.45) is 0 Å². The third-order valence-electron chi connectivity index (χ3n) is 4.10. The molecule has 0 radical (unpaired) electrons. The van der Waals surface area contributed by atoms with E-state index in [1.807, 2.05) is 60.7 Å². The van der Waals surface area contributed by atoms with Crippen LogP contribution in [0.2, 0.25) is 0 Å². The maximum atomic E-state index is 13.0. The highest BCUT2D eigenvalue weighted by atomic mass is 32.1. The molecule has 3 rings (SSSR count). The third-order valence-corrected chi connectivity index (χ3v) is 4.95. The van der Waals surface area contributed by atoms with Crippen LogP contribution in [0.5, 0.6) is 0 Å². The molecule has 0 aliphatic rings. The molecule has 0 aliphatic carbocycles. The van der Waals surface area contributed by atoms with E-state index >= 15 is 0 Å². The number of benzene rings is 2. The lowest BCUT2D eigenvalue weighted by Crippen LogP contribution is -2.39. The number of carbonyl (C=O) groups excluding carboxylic acids is 2. The van der Waals surface area contributed by atoms with Gasteiger partial charge in [-0.05, 0) is 29.5 Å². The number of thiophene rings is 1. The second-order valence-electron chi connectivity index (χ2n) is 6.19. The SMILES string of the molecule is CC(OC(=O)c1cccs1)C(=O)N(Cc1ccccc1)Cc1ccccc1. The Kier molecular flexibility index (Phi) is 6.39. The van der Waals surface area contributed by atoms with Gasteiger partial charge < -0.3 is 9.64 Å². The summed E-state index contributed by atoms with van der Waals surface area (Å²) in [6.45, 7) is 2.53. The number of nitrogens with zero attached hydrogens (tertiary/aromatic N) is 1. The minimum atomic E-state index is -0.855. The summed E-state index contributed by atoms with van der Waals surface area (Å²) in [5.74, 6) is -0.683. The van der Waals surface area contributed by atoms with E-state index in [-0.39, 0.29) is 5.91 Å². The summed E-state index contributed by atoms with van der Waals surface area (Å²) in [4.78, 5) is 27.4. The first-order chi connectivity index (χ1) is 13.1. The van der Waals surface area contributed by atoms with Crippen molar-refractivity contribution in [3.63, 3.8) is 0 Å². The Balaban J connectivity index is 1.73. The molecule has 2 aromatic carbocycles. The van der Waals surface area contributed by atoms with Gasteiger partial charge in [0, 0.05) is 13.1 Å². The van der Waals surface area contributed by atoms with Crippen LogP contribution in [0.3, 0.4) is 0 Å². The molecule has 27 heavy (non-hydrogen) atoms. The van der Waals surface area contributed by atoms with Crippen LogP contribution < -0.4 is 0 Å². The van der Waals surface area contributed by atoms with E-state index in [1.165, 1.54) is 11.3 Å². The fourth-order valence-electron chi connectivity index (χ4n) is 2.74. The van der Waals surface area contributed by atoms with Crippen molar-refractivity contribution in [1.29, 1.82) is 0 Å². The van der Waals surface area contributed by atoms with Crippen molar-refractivity contribution in [2.45, 2.75) is 26.1 Å². The molecule has 0 saturated heterocycles. The van der Waals surface area contributed by atoms with Crippen LogP contribution in [-0.4, -0.2) is 22.9 Å². The monoisotopic (exact) mass is 379 g/mol. The summed E-state index contributed by atoms with van der Waals surface area (Å²) in [6.07, 6.45) is -0.855. The van der Waals surface area contributed by atoms with Crippen LogP contribution >= 0.6 is 11.3 Å². The predicted octanol–water partition coefficient (Wildman–Crippen LogP) is 4.52. The standard InChI is InChI=1S/C22H21NO3S/c1-17(26-22(25)20-13-8-14-27-20)21(24)23(15-18-9-4-2-5-10-18)16-19-11-6-3-7-12-19/h2-14,17H,15-16H2,1H3. The van der Waals surface area contributed by atoms with Gasteiger partial charge in [-0.25, -0.2) is 4.79 Å². The highest BCUT2D eigenvalue weighted by Crippen LogP contribution is 2.15. The van der Waals surface area contributed by atoms with Crippen molar-refractivity contribution >= 4 is 23.2 Å². The van der Waals surface area contributed by atoms with Gasteiger partial charge in [0.15, 0.2) is 6.10 Å². The lowest BCUT2D eigenvalue weighted by molar-refractivity contribution is -0.141. The van der Waals surface area contributed by atoms with Gasteiger partial charge in [0.25, 0.3) is 5.91 Å². The molecule has 1 unspecified atom stereocenters. The van der Waals surface area contributed by atoms with Gasteiger partial charge in [0.05, 0.1) is 0 Å². The van der Waals surface area contributed by atoms with E-state index in [1.54, 1.807) is 29.3 Å². The average molecular weight is 379 g/mol. The number of hydrogen-bond acceptors (Lipinski definition) is 4. The highest BCUT2D eigenvalue weighted by molar-refractivity contribution is 7.11. The quantitative estimate of drug-likeness (QED) is 0.567. The van der Waals surface area contributed by atoms with E-state index in [9.17, 15) is 9.59 Å². The topological polar surface area (TPSA) is 46.6 Å². The Morgan fingerprint density at radius 2 is 1.44 bits per heavy atom. The first kappa shape index (κ1) is 18.9. The lowest BCUT2D eigenvalue weighted by atomic mass is 10.1. The molecule has 0 bridgehead atoms. The number of amides is 1. The summed E-state index contributed by atoms with van der Waals surface area (Å²) in [6, 6.07) is 23.1. The average Bonchev–Trinajstić information content (AvgIpc) is 3.23. The Bertz CT molecular complexity index is 822. The third kappa shape index (κ3) is 5.28. The normalized spacial score (nSPS) is 11.6. The van der Waals surface area contributed by atoms with Crippen LogP contribution in [0.25, 0.3) is 0 Å². The molecule has 138 valence electrons. The summed E-state index contributed by atoms with van der Waals surface area (Å²) < 4.78 is 5.39. The predicted molar refractivity (Wildman–Crippen MR) is 106 cm³/mol. The maximum absolute atomic E-state index is 13.0. The summed E-state index contributed by atoms with van der Waals surface area (Å²) >= 11 is 1.30. The van der Waals surface area contributed by atoms with E-state index in [4.69, 9.17) is 4.74 Å². The summed E-state index contributed by atoms with van der Waals surface area (Å²) in [7, 11) is 0. The van der Waals surface area contributed by atoms with Crippen LogP contribution in [0.15, 0.2) is 78.2 Å². The van der Waals surface area contributed by atoms with Crippen molar-refractivity contribution in [3.8, 4) is 0 Å². The van der Waals surface area contributed by atoms with Gasteiger partial charge >= 0.3 is 5.97 Å². The smallest absolute Gasteiger partial charge is 0.349 e. The minimum Gasteiger partial charge on any atom is -0.448 e. The Morgan fingerprint density at radius 1 is 0.889 bits per heavy atom. The number of rotatable bonds is 7. The zero-order valence-corrected chi connectivity index (χ0v) is 15.9. The zero-order valence-electron chi connectivity index (χ0n) is 15.1. The molecule has 4 nitrogen and oxygen atoms in total. The van der Waals surface area contributed by atoms with Crippen molar-refractivity contribution in [2.75, 3.05) is 0 Å². The van der Waals surface area contributed by atoms with Gasteiger partial charge in [-0.1, -0.05) is 66.7 Å². The molecule has 5 heteroatoms. The molecule has 0 N–H and O–H groups in total. The Morgan fingerprint density at radius 3 is 1.93 bits per heavy atom. The lowest BCUT2D eigenvalue weighted by Gasteiger charge is -2.26. The van der Waals surface area contributed by atoms with E-state index < -0.39 is 12.1 Å². The Hall–Kier alpha value is -2.92. The molecule has 0 aliphatic heterocycles. The molecule has 1 heterocycles. The van der Waals surface area contributed by atoms with Crippen LogP contribution in [0.4, 0.5) is 0 Å². The maximum Gasteiger partial charge on any atom is 0.349 e. The van der Waals surface area contributed by atoms with Gasteiger partial charge in [-0.15, -0.1) is 11.3 Å². The summed E-state index contributed by atoms with van der Waals surface area (Å²) in [5.41, 5.74) is 2.05. The molecule has 3 aromatic rings. The van der Waals surface area contributed by atoms with Crippen LogP contribution in [-0.2, 0) is 22.6 Å². The van der Waals surface area contributed by atoms with Gasteiger partial charge in [0.1, 0.15) is 4.88 Å². The zero-order chi connectivity index (χ0) is 19.1. The molecule has 0 fully saturated rings. The fraction of sp³-hybridized carbons (Fsp3) is 0.182. The van der Waals surface area contributed by atoms with Gasteiger partial charge in [-0.3, -0.25) is 4.79 Å². The molecular weight excluding hydrogens is 358 g/mol. The second-order valence-corrected chi connectivity index (χ2v) is 7.14. The summed E-state index contributed by atoms with van der Waals surface area (Å²) in [5, 5.41) is 1.81. The number of ether oxygens (including phenoxy) is 1. The van der Waals surface area contributed by atoms with Crippen molar-refractivity contribution < 1.29 is 14.3 Å². The second kappa shape index (κ2) is 9.14. The first-order valence-electron chi connectivity index (χ1n) is 8.74. The van der Waals surface area contributed by atoms with Crippen molar-refractivity contribution in [3.05, 3.63) is 94.2 Å².